The van der Waals surface area contributed by atoms with Crippen molar-refractivity contribution in [1.29, 1.82) is 0 Å². The number of carbonyl (C=O) groups is 3. The second-order valence-corrected chi connectivity index (χ2v) is 6.77. The van der Waals surface area contributed by atoms with Crippen LogP contribution in [-0.2, 0) is 16.1 Å². The van der Waals surface area contributed by atoms with Crippen molar-refractivity contribution in [2.45, 2.75) is 13.5 Å². The van der Waals surface area contributed by atoms with Crippen molar-refractivity contribution in [2.24, 2.45) is 0 Å². The van der Waals surface area contributed by atoms with E-state index < -0.39 is 17.9 Å². The van der Waals surface area contributed by atoms with Crippen LogP contribution >= 0.6 is 15.9 Å². The Labute approximate surface area is 174 Å². The molecule has 29 heavy (non-hydrogen) atoms. The maximum Gasteiger partial charge on any atom is 0.373 e. The molecule has 0 unspecified atom stereocenters. The predicted molar refractivity (Wildman–Crippen MR) is 104 cm³/mol. The smallest absolute Gasteiger partial charge is 0.373 e. The highest BCUT2D eigenvalue weighted by Crippen LogP contribution is 2.36. The molecule has 2 aromatic rings. The SMILES string of the molecule is CCOc1cc(/C=C2\NC(=O)N(Cc3ccc(C(=O)OC)o3)C2=O)cc(Br)c1O. The van der Waals surface area contributed by atoms with Crippen LogP contribution < -0.4 is 10.1 Å². The van der Waals surface area contributed by atoms with Gasteiger partial charge in [0.05, 0.1) is 24.7 Å². The van der Waals surface area contributed by atoms with Crippen LogP contribution in [0.5, 0.6) is 11.5 Å². The summed E-state index contributed by atoms with van der Waals surface area (Å²) in [7, 11) is 1.22. The van der Waals surface area contributed by atoms with E-state index >= 15 is 0 Å². The Balaban J connectivity index is 1.81. The van der Waals surface area contributed by atoms with Crippen molar-refractivity contribution in [3.8, 4) is 11.5 Å². The first kappa shape index (κ1) is 20.5. The van der Waals surface area contributed by atoms with Crippen molar-refractivity contribution in [1.82, 2.24) is 10.2 Å². The summed E-state index contributed by atoms with van der Waals surface area (Å²) < 4.78 is 15.6. The summed E-state index contributed by atoms with van der Waals surface area (Å²) in [6, 6.07) is 5.40. The fourth-order valence-corrected chi connectivity index (χ4v) is 3.11. The van der Waals surface area contributed by atoms with Crippen LogP contribution in [0.25, 0.3) is 6.08 Å². The van der Waals surface area contributed by atoms with Gasteiger partial charge in [-0.2, -0.15) is 0 Å². The lowest BCUT2D eigenvalue weighted by Gasteiger charge is -2.09. The molecule has 1 aliphatic heterocycles. The number of urea groups is 1. The number of methoxy groups -OCH3 is 1. The topological polar surface area (TPSA) is 118 Å². The van der Waals surface area contributed by atoms with Gasteiger partial charge in [-0.3, -0.25) is 9.69 Å². The van der Waals surface area contributed by atoms with Gasteiger partial charge >= 0.3 is 12.0 Å². The minimum Gasteiger partial charge on any atom is -0.503 e. The number of ether oxygens (including phenoxy) is 2. The van der Waals surface area contributed by atoms with Crippen molar-refractivity contribution < 1.29 is 33.4 Å². The van der Waals surface area contributed by atoms with E-state index in [9.17, 15) is 19.5 Å². The van der Waals surface area contributed by atoms with Crippen LogP contribution in [0.2, 0.25) is 0 Å². The average molecular weight is 465 g/mol. The number of carbonyl (C=O) groups excluding carboxylic acids is 3. The molecule has 1 aromatic carbocycles. The Bertz CT molecular complexity index is 1010. The summed E-state index contributed by atoms with van der Waals surface area (Å²) in [6.07, 6.45) is 1.47. The molecule has 1 fully saturated rings. The number of amides is 3. The number of aromatic hydroxyl groups is 1. The third kappa shape index (κ3) is 4.27. The fourth-order valence-electron chi connectivity index (χ4n) is 2.65. The number of halogens is 1. The number of imide groups is 1. The zero-order valence-corrected chi connectivity index (χ0v) is 17.1. The highest BCUT2D eigenvalue weighted by atomic mass is 79.9. The van der Waals surface area contributed by atoms with E-state index in [0.29, 0.717) is 16.6 Å². The number of hydrogen-bond acceptors (Lipinski definition) is 7. The van der Waals surface area contributed by atoms with Gasteiger partial charge in [0.1, 0.15) is 11.5 Å². The Hall–Kier alpha value is -3.27. The van der Waals surface area contributed by atoms with Crippen LogP contribution in [0.1, 0.15) is 28.8 Å². The van der Waals surface area contributed by atoms with Crippen LogP contribution in [0.15, 0.2) is 38.9 Å². The Morgan fingerprint density at radius 2 is 2.10 bits per heavy atom. The van der Waals surface area contributed by atoms with E-state index in [1.54, 1.807) is 19.1 Å². The van der Waals surface area contributed by atoms with Gasteiger partial charge in [0.25, 0.3) is 5.91 Å². The van der Waals surface area contributed by atoms with Crippen LogP contribution in [0.4, 0.5) is 4.79 Å². The fraction of sp³-hybridized carbons (Fsp3) is 0.211. The molecule has 0 radical (unpaired) electrons. The van der Waals surface area contributed by atoms with Gasteiger partial charge in [0.15, 0.2) is 11.5 Å². The zero-order chi connectivity index (χ0) is 21.1. The molecular weight excluding hydrogens is 448 g/mol. The van der Waals surface area contributed by atoms with Gasteiger partial charge < -0.3 is 24.3 Å². The summed E-state index contributed by atoms with van der Waals surface area (Å²) in [6.45, 7) is 1.97. The maximum absolute atomic E-state index is 12.6. The summed E-state index contributed by atoms with van der Waals surface area (Å²) in [4.78, 5) is 37.3. The highest BCUT2D eigenvalue weighted by molar-refractivity contribution is 9.10. The number of benzene rings is 1. The molecule has 3 amide bonds. The van der Waals surface area contributed by atoms with Gasteiger partial charge in [0, 0.05) is 0 Å². The normalized spacial score (nSPS) is 15.0. The van der Waals surface area contributed by atoms with E-state index in [2.05, 4.69) is 26.0 Å². The molecule has 1 aliphatic rings. The van der Waals surface area contributed by atoms with Crippen LogP contribution in [0.3, 0.4) is 0 Å². The van der Waals surface area contributed by atoms with Gasteiger partial charge in [-0.1, -0.05) is 0 Å². The van der Waals surface area contributed by atoms with Gasteiger partial charge in [-0.05, 0) is 58.8 Å². The molecule has 0 saturated carbocycles. The second kappa shape index (κ2) is 8.39. The van der Waals surface area contributed by atoms with Crippen molar-refractivity contribution in [2.75, 3.05) is 13.7 Å². The number of phenols is 1. The van der Waals surface area contributed by atoms with Crippen molar-refractivity contribution in [3.05, 3.63) is 51.5 Å². The van der Waals surface area contributed by atoms with E-state index in [1.807, 2.05) is 0 Å². The summed E-state index contributed by atoms with van der Waals surface area (Å²) in [5, 5.41) is 12.5. The van der Waals surface area contributed by atoms with Gasteiger partial charge in [-0.25, -0.2) is 9.59 Å². The lowest BCUT2D eigenvalue weighted by atomic mass is 10.1. The Kier molecular flexibility index (Phi) is 5.92. The third-order valence-corrected chi connectivity index (χ3v) is 4.59. The van der Waals surface area contributed by atoms with E-state index in [1.165, 1.54) is 25.3 Å². The molecule has 10 heteroatoms. The molecule has 2 N–H and O–H groups in total. The molecule has 1 aromatic heterocycles. The monoisotopic (exact) mass is 464 g/mol. The minimum atomic E-state index is -0.656. The summed E-state index contributed by atoms with van der Waals surface area (Å²) >= 11 is 3.23. The number of furan rings is 1. The first-order chi connectivity index (χ1) is 13.8. The standard InChI is InChI=1S/C19H17BrN2O7/c1-3-28-15-8-10(6-12(20)16(15)23)7-13-17(24)22(19(26)21-13)9-11-4-5-14(29-11)18(25)27-2/h4-8,23H,3,9H2,1-2H3,(H,21,26)/b13-7-. The summed E-state index contributed by atoms with van der Waals surface area (Å²) in [5.41, 5.74) is 0.587. The third-order valence-electron chi connectivity index (χ3n) is 3.99. The minimum absolute atomic E-state index is 0.0253. The molecular formula is C19H17BrN2O7. The van der Waals surface area contributed by atoms with Crippen molar-refractivity contribution in [3.63, 3.8) is 0 Å². The molecule has 9 nitrogen and oxygen atoms in total. The lowest BCUT2D eigenvalue weighted by Crippen LogP contribution is -2.30. The highest BCUT2D eigenvalue weighted by Gasteiger charge is 2.34. The molecule has 1 saturated heterocycles. The maximum atomic E-state index is 12.6. The van der Waals surface area contributed by atoms with E-state index in [-0.39, 0.29) is 35.3 Å². The molecule has 0 atom stereocenters. The predicted octanol–water partition coefficient (Wildman–Crippen LogP) is 3.03. The van der Waals surface area contributed by atoms with E-state index in [4.69, 9.17) is 9.15 Å². The molecule has 3 rings (SSSR count). The van der Waals surface area contributed by atoms with Crippen molar-refractivity contribution >= 4 is 39.9 Å². The molecule has 0 aliphatic carbocycles. The number of esters is 1. The van der Waals surface area contributed by atoms with Gasteiger partial charge in [-0.15, -0.1) is 0 Å². The first-order valence-electron chi connectivity index (χ1n) is 8.51. The van der Waals surface area contributed by atoms with Crippen LogP contribution in [0, 0.1) is 0 Å². The Morgan fingerprint density at radius 3 is 2.79 bits per heavy atom. The van der Waals surface area contributed by atoms with E-state index in [0.717, 1.165) is 4.90 Å². The average Bonchev–Trinajstić information content (AvgIpc) is 3.26. The molecule has 152 valence electrons. The van der Waals surface area contributed by atoms with Gasteiger partial charge in [0.2, 0.25) is 5.76 Å². The number of nitrogens with one attached hydrogen (secondary N) is 1. The number of phenolic OH excluding ortho intramolecular Hbond substituents is 1. The largest absolute Gasteiger partial charge is 0.503 e. The number of nitrogens with zero attached hydrogens (tertiary/aromatic N) is 1. The zero-order valence-electron chi connectivity index (χ0n) is 15.5. The second-order valence-electron chi connectivity index (χ2n) is 5.92. The Morgan fingerprint density at radius 1 is 1.34 bits per heavy atom. The molecule has 2 heterocycles. The summed E-state index contributed by atoms with van der Waals surface area (Å²) in [5.74, 6) is -0.806. The lowest BCUT2D eigenvalue weighted by molar-refractivity contribution is -0.123. The van der Waals surface area contributed by atoms with Crippen LogP contribution in [-0.4, -0.2) is 41.6 Å². The number of hydrogen-bond donors (Lipinski definition) is 2. The quantitative estimate of drug-likeness (QED) is 0.383. The first-order valence-corrected chi connectivity index (χ1v) is 9.30. The number of rotatable bonds is 6. The molecule has 0 bridgehead atoms. The molecule has 0 spiro atoms.